The number of nitrogens with one attached hydrogen (secondary N) is 2. The number of hydrogen-bond acceptors (Lipinski definition) is 5. The number of amides is 3. The van der Waals surface area contributed by atoms with Crippen molar-refractivity contribution in [1.29, 1.82) is 0 Å². The molecule has 3 aromatic rings. The first kappa shape index (κ1) is 17.8. The van der Waals surface area contributed by atoms with Gasteiger partial charge in [0, 0.05) is 11.3 Å². The SMILES string of the molecule is O=CN(C=O)c1ccc(-c2nc3ccc(NC(=O)CC(=O)O)cc3[nH]2)cc1. The maximum absolute atomic E-state index is 11.6. The number of aliphatic carboxylic acids is 1. The van der Waals surface area contributed by atoms with E-state index in [1.54, 1.807) is 42.5 Å². The average Bonchev–Trinajstić information content (AvgIpc) is 3.06. The van der Waals surface area contributed by atoms with Gasteiger partial charge in [0.1, 0.15) is 12.2 Å². The number of nitrogens with zero attached hydrogens (tertiary/aromatic N) is 2. The van der Waals surface area contributed by atoms with Crippen LogP contribution >= 0.6 is 0 Å². The number of imidazole rings is 1. The van der Waals surface area contributed by atoms with E-state index in [-0.39, 0.29) is 0 Å². The lowest BCUT2D eigenvalue weighted by Crippen LogP contribution is -2.17. The Morgan fingerprint density at radius 2 is 1.81 bits per heavy atom. The number of imide groups is 1. The van der Waals surface area contributed by atoms with Crippen molar-refractivity contribution in [3.8, 4) is 11.4 Å². The van der Waals surface area contributed by atoms with Gasteiger partial charge in [-0.05, 0) is 42.5 Å². The summed E-state index contributed by atoms with van der Waals surface area (Å²) >= 11 is 0. The first-order valence-corrected chi connectivity index (χ1v) is 7.81. The fourth-order valence-electron chi connectivity index (χ4n) is 2.50. The molecule has 1 aromatic heterocycles. The quantitative estimate of drug-likeness (QED) is 0.431. The van der Waals surface area contributed by atoms with Crippen LogP contribution in [-0.2, 0) is 19.2 Å². The summed E-state index contributed by atoms with van der Waals surface area (Å²) in [7, 11) is 0. The molecule has 0 spiro atoms. The van der Waals surface area contributed by atoms with Crippen molar-refractivity contribution in [2.24, 2.45) is 0 Å². The summed E-state index contributed by atoms with van der Waals surface area (Å²) in [6.45, 7) is 0. The highest BCUT2D eigenvalue weighted by Gasteiger charge is 2.11. The summed E-state index contributed by atoms with van der Waals surface area (Å²) in [5.74, 6) is -1.26. The highest BCUT2D eigenvalue weighted by Crippen LogP contribution is 2.24. The van der Waals surface area contributed by atoms with Gasteiger partial charge in [-0.3, -0.25) is 24.1 Å². The Labute approximate surface area is 152 Å². The molecule has 9 heteroatoms. The molecule has 136 valence electrons. The van der Waals surface area contributed by atoms with E-state index >= 15 is 0 Å². The first-order valence-electron chi connectivity index (χ1n) is 7.81. The number of carboxylic acid groups (broad SMARTS) is 1. The van der Waals surface area contributed by atoms with Crippen LogP contribution in [0.2, 0.25) is 0 Å². The number of rotatable bonds is 7. The molecule has 3 N–H and O–H groups in total. The maximum atomic E-state index is 11.6. The Hall–Kier alpha value is -4.01. The van der Waals surface area contributed by atoms with Crippen LogP contribution in [-0.4, -0.2) is 39.8 Å². The number of hydrogen-bond donors (Lipinski definition) is 3. The zero-order chi connectivity index (χ0) is 19.4. The second kappa shape index (κ2) is 7.48. The summed E-state index contributed by atoms with van der Waals surface area (Å²) in [6, 6.07) is 11.6. The number of carboxylic acids is 1. The van der Waals surface area contributed by atoms with E-state index in [0.29, 0.717) is 41.1 Å². The summed E-state index contributed by atoms with van der Waals surface area (Å²) < 4.78 is 0. The largest absolute Gasteiger partial charge is 0.481 e. The van der Waals surface area contributed by atoms with Crippen LogP contribution in [0.5, 0.6) is 0 Å². The number of carbonyl (C=O) groups is 4. The van der Waals surface area contributed by atoms with E-state index in [1.165, 1.54) is 0 Å². The molecule has 3 rings (SSSR count). The summed E-state index contributed by atoms with van der Waals surface area (Å²) in [4.78, 5) is 52.2. The first-order chi connectivity index (χ1) is 13.0. The van der Waals surface area contributed by atoms with Crippen molar-refractivity contribution in [3.05, 3.63) is 42.5 Å². The molecule has 0 saturated carbocycles. The second-order valence-electron chi connectivity index (χ2n) is 5.60. The molecule has 1 heterocycles. The van der Waals surface area contributed by atoms with Crippen LogP contribution < -0.4 is 10.2 Å². The number of carbonyl (C=O) groups excluding carboxylic acids is 3. The minimum absolute atomic E-state index is 0.420. The standard InChI is InChI=1S/C18H14N4O5/c23-9-22(10-24)13-4-1-11(2-5-13)18-20-14-6-3-12(7-15(14)21-18)19-16(25)8-17(26)27/h1-7,9-10H,8H2,(H,19,25)(H,20,21)(H,26,27). The Morgan fingerprint density at radius 3 is 2.44 bits per heavy atom. The van der Waals surface area contributed by atoms with E-state index in [1.807, 2.05) is 0 Å². The molecular formula is C18H14N4O5. The van der Waals surface area contributed by atoms with Crippen LogP contribution in [0.4, 0.5) is 11.4 Å². The molecule has 0 bridgehead atoms. The number of fused-ring (bicyclic) bond motifs is 1. The number of H-pyrrole nitrogens is 1. The Kier molecular flexibility index (Phi) is 4.93. The van der Waals surface area contributed by atoms with Crippen molar-refractivity contribution in [2.75, 3.05) is 10.2 Å². The average molecular weight is 366 g/mol. The molecule has 0 atom stereocenters. The van der Waals surface area contributed by atoms with Gasteiger partial charge in [0.05, 0.1) is 16.7 Å². The van der Waals surface area contributed by atoms with Crippen molar-refractivity contribution in [2.45, 2.75) is 6.42 Å². The zero-order valence-corrected chi connectivity index (χ0v) is 13.9. The van der Waals surface area contributed by atoms with Crippen molar-refractivity contribution in [3.63, 3.8) is 0 Å². The number of aromatic nitrogens is 2. The lowest BCUT2D eigenvalue weighted by atomic mass is 10.2. The van der Waals surface area contributed by atoms with E-state index in [0.717, 1.165) is 10.5 Å². The molecule has 3 amide bonds. The Morgan fingerprint density at radius 1 is 1.11 bits per heavy atom. The third-order valence-electron chi connectivity index (χ3n) is 3.74. The van der Waals surface area contributed by atoms with Gasteiger partial charge in [-0.2, -0.15) is 0 Å². The molecule has 0 aliphatic heterocycles. The van der Waals surface area contributed by atoms with E-state index in [9.17, 15) is 19.2 Å². The summed E-state index contributed by atoms with van der Waals surface area (Å²) in [5, 5.41) is 11.1. The highest BCUT2D eigenvalue weighted by molar-refractivity contribution is 6.02. The summed E-state index contributed by atoms with van der Waals surface area (Å²) in [5.41, 5.74) is 2.94. The lowest BCUT2D eigenvalue weighted by Gasteiger charge is -2.08. The molecule has 0 saturated heterocycles. The number of anilines is 2. The van der Waals surface area contributed by atoms with Crippen LogP contribution in [0.15, 0.2) is 42.5 Å². The zero-order valence-electron chi connectivity index (χ0n) is 13.9. The number of aromatic amines is 1. The normalized spacial score (nSPS) is 10.4. The minimum atomic E-state index is -1.21. The van der Waals surface area contributed by atoms with E-state index in [4.69, 9.17) is 5.11 Å². The molecular weight excluding hydrogens is 352 g/mol. The molecule has 0 aliphatic carbocycles. The monoisotopic (exact) mass is 366 g/mol. The third-order valence-corrected chi connectivity index (χ3v) is 3.74. The smallest absolute Gasteiger partial charge is 0.312 e. The van der Waals surface area contributed by atoms with Gasteiger partial charge in [0.2, 0.25) is 18.7 Å². The van der Waals surface area contributed by atoms with Crippen LogP contribution in [0.3, 0.4) is 0 Å². The van der Waals surface area contributed by atoms with Gasteiger partial charge in [-0.15, -0.1) is 0 Å². The predicted octanol–water partition coefficient (Wildman–Crippen LogP) is 1.76. The van der Waals surface area contributed by atoms with Crippen molar-refractivity contribution in [1.82, 2.24) is 9.97 Å². The fourth-order valence-corrected chi connectivity index (χ4v) is 2.50. The fraction of sp³-hybridized carbons (Fsp3) is 0.0556. The number of benzene rings is 2. The Balaban J connectivity index is 1.84. The molecule has 0 unspecified atom stereocenters. The van der Waals surface area contributed by atoms with Crippen molar-refractivity contribution >= 4 is 47.1 Å². The molecule has 0 radical (unpaired) electrons. The minimum Gasteiger partial charge on any atom is -0.481 e. The topological polar surface area (TPSA) is 132 Å². The van der Waals surface area contributed by atoms with Crippen molar-refractivity contribution < 1.29 is 24.3 Å². The Bertz CT molecular complexity index is 1020. The lowest BCUT2D eigenvalue weighted by molar-refractivity contribution is -0.139. The van der Waals surface area contributed by atoms with Gasteiger partial charge >= 0.3 is 5.97 Å². The predicted molar refractivity (Wildman–Crippen MR) is 97.0 cm³/mol. The molecule has 27 heavy (non-hydrogen) atoms. The molecule has 0 aliphatic rings. The van der Waals surface area contributed by atoms with Gasteiger partial charge in [-0.1, -0.05) is 0 Å². The van der Waals surface area contributed by atoms with Gasteiger partial charge in [0.15, 0.2) is 0 Å². The van der Waals surface area contributed by atoms with Crippen LogP contribution in [0.1, 0.15) is 6.42 Å². The van der Waals surface area contributed by atoms with Gasteiger partial charge < -0.3 is 15.4 Å². The van der Waals surface area contributed by atoms with Gasteiger partial charge in [0.25, 0.3) is 0 Å². The van der Waals surface area contributed by atoms with Crippen LogP contribution in [0, 0.1) is 0 Å². The van der Waals surface area contributed by atoms with E-state index in [2.05, 4.69) is 15.3 Å². The molecule has 9 nitrogen and oxygen atoms in total. The molecule has 0 fully saturated rings. The maximum Gasteiger partial charge on any atom is 0.312 e. The van der Waals surface area contributed by atoms with E-state index < -0.39 is 18.3 Å². The molecule has 2 aromatic carbocycles. The second-order valence-corrected chi connectivity index (χ2v) is 5.60. The van der Waals surface area contributed by atoms with Gasteiger partial charge in [-0.25, -0.2) is 4.98 Å². The summed E-state index contributed by atoms with van der Waals surface area (Å²) in [6.07, 6.45) is 0.226. The third kappa shape index (κ3) is 3.98. The highest BCUT2D eigenvalue weighted by atomic mass is 16.4. The van der Waals surface area contributed by atoms with Crippen LogP contribution in [0.25, 0.3) is 22.4 Å².